The van der Waals surface area contributed by atoms with Gasteiger partial charge in [-0.05, 0) is 31.6 Å². The molecule has 1 heteroatoms. The normalized spacial score (nSPS) is 27.0. The first-order chi connectivity index (χ1) is 4.21. The zero-order valence-electron chi connectivity index (χ0n) is 6.48. The van der Waals surface area contributed by atoms with Gasteiger partial charge in [-0.25, -0.2) is 0 Å². The number of nitrogens with two attached hydrogens (primary N) is 1. The Labute approximate surface area is 57.6 Å². The first-order valence-electron chi connectivity index (χ1n) is 3.97. The molecule has 1 aliphatic carbocycles. The van der Waals surface area contributed by atoms with Crippen LogP contribution in [0.2, 0.25) is 0 Å². The Morgan fingerprint density at radius 1 is 1.56 bits per heavy atom. The molecule has 0 amide bonds. The molecule has 0 heterocycles. The van der Waals surface area contributed by atoms with Gasteiger partial charge in [0, 0.05) is 6.04 Å². The topological polar surface area (TPSA) is 26.0 Å². The van der Waals surface area contributed by atoms with Gasteiger partial charge in [0.05, 0.1) is 0 Å². The molecule has 0 aliphatic heterocycles. The first kappa shape index (κ1) is 7.07. The molecule has 1 rings (SSSR count). The average Bonchev–Trinajstić information content (AvgIpc) is 1.62. The minimum Gasteiger partial charge on any atom is -0.327 e. The number of rotatable bonds is 2. The molecular formula is C8H17N. The minimum atomic E-state index is 0.413. The Morgan fingerprint density at radius 2 is 2.11 bits per heavy atom. The maximum Gasteiger partial charge on any atom is 0.00669 e. The van der Waals surface area contributed by atoms with Crippen molar-refractivity contribution >= 4 is 0 Å². The molecule has 0 aromatic carbocycles. The van der Waals surface area contributed by atoms with E-state index in [9.17, 15) is 0 Å². The predicted octanol–water partition coefficient (Wildman–Crippen LogP) is 1.91. The van der Waals surface area contributed by atoms with Crippen molar-refractivity contribution in [3.8, 4) is 0 Å². The van der Waals surface area contributed by atoms with Crippen LogP contribution in [0.5, 0.6) is 0 Å². The van der Waals surface area contributed by atoms with E-state index in [1.165, 1.54) is 25.7 Å². The van der Waals surface area contributed by atoms with Crippen LogP contribution in [0.1, 0.15) is 39.5 Å². The maximum absolute atomic E-state index is 5.84. The lowest BCUT2D eigenvalue weighted by Gasteiger charge is -2.44. The van der Waals surface area contributed by atoms with Gasteiger partial charge in [0.1, 0.15) is 0 Å². The van der Waals surface area contributed by atoms with Gasteiger partial charge < -0.3 is 5.73 Å². The molecule has 0 radical (unpaired) electrons. The maximum atomic E-state index is 5.84. The van der Waals surface area contributed by atoms with Crippen molar-refractivity contribution < 1.29 is 0 Å². The van der Waals surface area contributed by atoms with Crippen molar-refractivity contribution in [2.45, 2.75) is 45.6 Å². The van der Waals surface area contributed by atoms with Crippen LogP contribution in [-0.2, 0) is 0 Å². The second-order valence-electron chi connectivity index (χ2n) is 3.36. The number of hydrogen-bond donors (Lipinski definition) is 1. The third-order valence-electron chi connectivity index (χ3n) is 3.02. The highest BCUT2D eigenvalue weighted by Gasteiger charge is 2.38. The standard InChI is InChI=1S/C8H17N/c1-3-8(7(2)9)5-4-6-8/h7H,3-6,9H2,1-2H3. The summed E-state index contributed by atoms with van der Waals surface area (Å²) in [5, 5.41) is 0. The molecular weight excluding hydrogens is 110 g/mol. The Morgan fingerprint density at radius 3 is 2.11 bits per heavy atom. The first-order valence-corrected chi connectivity index (χ1v) is 3.97. The predicted molar refractivity (Wildman–Crippen MR) is 40.2 cm³/mol. The van der Waals surface area contributed by atoms with Gasteiger partial charge in [0.2, 0.25) is 0 Å². The molecule has 0 bridgehead atoms. The second-order valence-corrected chi connectivity index (χ2v) is 3.36. The highest BCUT2D eigenvalue weighted by Crippen LogP contribution is 2.45. The quantitative estimate of drug-likeness (QED) is 0.602. The Kier molecular flexibility index (Phi) is 1.80. The van der Waals surface area contributed by atoms with Crippen LogP contribution in [0.15, 0.2) is 0 Å². The van der Waals surface area contributed by atoms with Crippen molar-refractivity contribution in [3.05, 3.63) is 0 Å². The zero-order valence-corrected chi connectivity index (χ0v) is 6.48. The molecule has 1 nitrogen and oxygen atoms in total. The monoisotopic (exact) mass is 127 g/mol. The fourth-order valence-corrected chi connectivity index (χ4v) is 1.76. The molecule has 1 atom stereocenters. The Balaban J connectivity index is 2.46. The summed E-state index contributed by atoms with van der Waals surface area (Å²) in [7, 11) is 0. The number of hydrogen-bond acceptors (Lipinski definition) is 1. The summed E-state index contributed by atoms with van der Waals surface area (Å²) >= 11 is 0. The fourth-order valence-electron chi connectivity index (χ4n) is 1.76. The van der Waals surface area contributed by atoms with E-state index >= 15 is 0 Å². The van der Waals surface area contributed by atoms with Gasteiger partial charge in [-0.1, -0.05) is 13.3 Å². The molecule has 0 saturated heterocycles. The molecule has 1 saturated carbocycles. The Hall–Kier alpha value is -0.0400. The van der Waals surface area contributed by atoms with Gasteiger partial charge in [-0.3, -0.25) is 0 Å². The lowest BCUT2D eigenvalue weighted by Crippen LogP contribution is -2.44. The third kappa shape index (κ3) is 0.983. The summed E-state index contributed by atoms with van der Waals surface area (Å²) in [6.07, 6.45) is 5.39. The van der Waals surface area contributed by atoms with Crippen molar-refractivity contribution in [2.24, 2.45) is 11.1 Å². The second kappa shape index (κ2) is 2.30. The fraction of sp³-hybridized carbons (Fsp3) is 1.00. The van der Waals surface area contributed by atoms with Gasteiger partial charge in [0.15, 0.2) is 0 Å². The zero-order chi connectivity index (χ0) is 6.91. The van der Waals surface area contributed by atoms with Crippen molar-refractivity contribution in [2.75, 3.05) is 0 Å². The van der Waals surface area contributed by atoms with E-state index in [0.29, 0.717) is 11.5 Å². The van der Waals surface area contributed by atoms with E-state index in [1.807, 2.05) is 0 Å². The molecule has 0 spiro atoms. The van der Waals surface area contributed by atoms with E-state index < -0.39 is 0 Å². The van der Waals surface area contributed by atoms with E-state index in [1.54, 1.807) is 0 Å². The largest absolute Gasteiger partial charge is 0.327 e. The third-order valence-corrected chi connectivity index (χ3v) is 3.02. The van der Waals surface area contributed by atoms with Crippen LogP contribution < -0.4 is 5.73 Å². The molecule has 1 aliphatic rings. The van der Waals surface area contributed by atoms with Crippen LogP contribution in [0.3, 0.4) is 0 Å². The van der Waals surface area contributed by atoms with Gasteiger partial charge in [-0.2, -0.15) is 0 Å². The molecule has 2 N–H and O–H groups in total. The van der Waals surface area contributed by atoms with Crippen LogP contribution in [-0.4, -0.2) is 6.04 Å². The van der Waals surface area contributed by atoms with Gasteiger partial charge >= 0.3 is 0 Å². The van der Waals surface area contributed by atoms with Crippen molar-refractivity contribution in [1.82, 2.24) is 0 Å². The highest BCUT2D eigenvalue weighted by molar-refractivity contribution is 4.92. The average molecular weight is 127 g/mol. The van der Waals surface area contributed by atoms with E-state index in [2.05, 4.69) is 13.8 Å². The molecule has 1 fully saturated rings. The molecule has 0 aromatic heterocycles. The summed E-state index contributed by atoms with van der Waals surface area (Å²) in [5.41, 5.74) is 6.38. The lowest BCUT2D eigenvalue weighted by molar-refractivity contribution is 0.0964. The van der Waals surface area contributed by atoms with E-state index in [-0.39, 0.29) is 0 Å². The van der Waals surface area contributed by atoms with Crippen LogP contribution >= 0.6 is 0 Å². The van der Waals surface area contributed by atoms with E-state index in [4.69, 9.17) is 5.73 Å². The van der Waals surface area contributed by atoms with Crippen LogP contribution in [0.4, 0.5) is 0 Å². The summed E-state index contributed by atoms with van der Waals surface area (Å²) < 4.78 is 0. The molecule has 1 unspecified atom stereocenters. The Bertz CT molecular complexity index is 87.2. The molecule has 0 aromatic rings. The van der Waals surface area contributed by atoms with E-state index in [0.717, 1.165) is 0 Å². The van der Waals surface area contributed by atoms with Crippen molar-refractivity contribution in [1.29, 1.82) is 0 Å². The van der Waals surface area contributed by atoms with Gasteiger partial charge in [0.25, 0.3) is 0 Å². The SMILES string of the molecule is CCC1(C(C)N)CCC1. The minimum absolute atomic E-state index is 0.413. The highest BCUT2D eigenvalue weighted by atomic mass is 14.7. The summed E-state index contributed by atoms with van der Waals surface area (Å²) in [6.45, 7) is 4.39. The molecule has 9 heavy (non-hydrogen) atoms. The van der Waals surface area contributed by atoms with Gasteiger partial charge in [-0.15, -0.1) is 0 Å². The van der Waals surface area contributed by atoms with Crippen LogP contribution in [0, 0.1) is 5.41 Å². The summed E-state index contributed by atoms with van der Waals surface area (Å²) in [5.74, 6) is 0. The van der Waals surface area contributed by atoms with Crippen LogP contribution in [0.25, 0.3) is 0 Å². The summed E-state index contributed by atoms with van der Waals surface area (Å²) in [4.78, 5) is 0. The lowest BCUT2D eigenvalue weighted by atomic mass is 9.63. The van der Waals surface area contributed by atoms with Crippen molar-refractivity contribution in [3.63, 3.8) is 0 Å². The molecule has 54 valence electrons. The summed E-state index contributed by atoms with van der Waals surface area (Å²) in [6, 6.07) is 0.413. The smallest absolute Gasteiger partial charge is 0.00669 e.